The highest BCUT2D eigenvalue weighted by molar-refractivity contribution is 8.00. The largest absolute Gasteiger partial charge is 0.491 e. The monoisotopic (exact) mass is 275 g/mol. The molecule has 2 heterocycles. The Morgan fingerprint density at radius 2 is 2.05 bits per heavy atom. The molecule has 0 saturated carbocycles. The lowest BCUT2D eigenvalue weighted by Crippen LogP contribution is -2.08. The topological polar surface area (TPSA) is 57.0 Å². The van der Waals surface area contributed by atoms with E-state index in [0.717, 1.165) is 11.3 Å². The van der Waals surface area contributed by atoms with Gasteiger partial charge in [-0.15, -0.1) is 5.10 Å². The lowest BCUT2D eigenvalue weighted by molar-refractivity contribution is 0.0923. The molecule has 1 aromatic heterocycles. The van der Waals surface area contributed by atoms with Crippen LogP contribution in [-0.2, 0) is 0 Å². The predicted molar refractivity (Wildman–Crippen MR) is 72.6 cm³/mol. The van der Waals surface area contributed by atoms with Crippen molar-refractivity contribution in [3.63, 3.8) is 0 Å². The van der Waals surface area contributed by atoms with Crippen LogP contribution in [0.2, 0.25) is 0 Å². The average molecular weight is 275 g/mol. The van der Waals surface area contributed by atoms with E-state index in [9.17, 15) is 4.79 Å². The summed E-state index contributed by atoms with van der Waals surface area (Å²) >= 11 is 1.42. The summed E-state index contributed by atoms with van der Waals surface area (Å²) in [5.41, 5.74) is 0.881. The van der Waals surface area contributed by atoms with E-state index in [1.54, 1.807) is 0 Å². The van der Waals surface area contributed by atoms with Gasteiger partial charge in [-0.25, -0.2) is 4.98 Å². The molecule has 5 nitrogen and oxygen atoms in total. The highest BCUT2D eigenvalue weighted by atomic mass is 32.2. The number of rotatable bonds is 3. The van der Waals surface area contributed by atoms with Gasteiger partial charge < -0.3 is 4.74 Å². The van der Waals surface area contributed by atoms with Crippen LogP contribution in [0.5, 0.6) is 5.75 Å². The fraction of sp³-hybridized carbons (Fsp3) is 0.308. The molecule has 3 rings (SSSR count). The first-order valence-electron chi connectivity index (χ1n) is 6.03. The third kappa shape index (κ3) is 2.35. The van der Waals surface area contributed by atoms with E-state index in [1.807, 2.05) is 38.1 Å². The Kier molecular flexibility index (Phi) is 3.02. The third-order valence-corrected chi connectivity index (χ3v) is 3.54. The molecule has 19 heavy (non-hydrogen) atoms. The molecular weight excluding hydrogens is 262 g/mol. The quantitative estimate of drug-likeness (QED) is 0.861. The minimum absolute atomic E-state index is 0.0153. The summed E-state index contributed by atoms with van der Waals surface area (Å²) in [6.45, 7) is 3.97. The van der Waals surface area contributed by atoms with Gasteiger partial charge in [0.2, 0.25) is 0 Å². The van der Waals surface area contributed by atoms with Crippen LogP contribution in [0.4, 0.5) is 0 Å². The first-order chi connectivity index (χ1) is 9.13. The lowest BCUT2D eigenvalue weighted by atomic mass is 10.2. The van der Waals surface area contributed by atoms with Crippen molar-refractivity contribution in [3.05, 3.63) is 24.3 Å². The SMILES string of the molecule is CC(C)Oc1ccc(-c2nc3n(n2)C(=O)CS3)cc1. The van der Waals surface area contributed by atoms with Gasteiger partial charge in [0.05, 0.1) is 11.9 Å². The molecule has 1 aromatic carbocycles. The van der Waals surface area contributed by atoms with Crippen molar-refractivity contribution < 1.29 is 9.53 Å². The molecule has 2 aromatic rings. The van der Waals surface area contributed by atoms with Gasteiger partial charge >= 0.3 is 0 Å². The van der Waals surface area contributed by atoms with Crippen molar-refractivity contribution in [2.24, 2.45) is 0 Å². The molecular formula is C13H13N3O2S. The summed E-state index contributed by atoms with van der Waals surface area (Å²) in [7, 11) is 0. The molecule has 0 saturated heterocycles. The number of ether oxygens (including phenoxy) is 1. The Balaban J connectivity index is 1.86. The Morgan fingerprint density at radius 1 is 1.32 bits per heavy atom. The molecule has 0 bridgehead atoms. The molecule has 6 heteroatoms. The van der Waals surface area contributed by atoms with Gasteiger partial charge in [-0.1, -0.05) is 11.8 Å². The normalized spacial score (nSPS) is 13.9. The predicted octanol–water partition coefficient (Wildman–Crippen LogP) is 2.48. The Bertz CT molecular complexity index is 619. The summed E-state index contributed by atoms with van der Waals surface area (Å²) in [5, 5.41) is 4.90. The van der Waals surface area contributed by atoms with Crippen molar-refractivity contribution in [2.45, 2.75) is 25.1 Å². The van der Waals surface area contributed by atoms with Crippen LogP contribution in [-0.4, -0.2) is 32.5 Å². The van der Waals surface area contributed by atoms with Crippen LogP contribution < -0.4 is 4.74 Å². The van der Waals surface area contributed by atoms with Crippen molar-refractivity contribution in [3.8, 4) is 17.1 Å². The second-order valence-electron chi connectivity index (χ2n) is 4.50. The van der Waals surface area contributed by atoms with E-state index in [4.69, 9.17) is 4.74 Å². The number of aromatic nitrogens is 3. The first-order valence-corrected chi connectivity index (χ1v) is 7.02. The fourth-order valence-corrected chi connectivity index (χ4v) is 2.61. The molecule has 98 valence electrons. The van der Waals surface area contributed by atoms with Gasteiger partial charge in [-0.2, -0.15) is 4.68 Å². The fourth-order valence-electron chi connectivity index (χ4n) is 1.82. The zero-order valence-corrected chi connectivity index (χ0v) is 11.5. The second kappa shape index (κ2) is 4.70. The van der Waals surface area contributed by atoms with Gasteiger partial charge in [-0.05, 0) is 38.1 Å². The van der Waals surface area contributed by atoms with Gasteiger partial charge in [0.15, 0.2) is 11.0 Å². The Hall–Kier alpha value is -1.82. The number of fused-ring (bicyclic) bond motifs is 1. The van der Waals surface area contributed by atoms with Gasteiger partial charge in [0.25, 0.3) is 5.91 Å². The zero-order valence-electron chi connectivity index (χ0n) is 10.7. The summed E-state index contributed by atoms with van der Waals surface area (Å²) in [6.07, 6.45) is 0.148. The van der Waals surface area contributed by atoms with Gasteiger partial charge in [0.1, 0.15) is 5.75 Å². The molecule has 0 radical (unpaired) electrons. The van der Waals surface area contributed by atoms with Crippen LogP contribution in [0, 0.1) is 0 Å². The van der Waals surface area contributed by atoms with Crippen LogP contribution in [0.1, 0.15) is 18.6 Å². The summed E-state index contributed by atoms with van der Waals surface area (Å²) in [6, 6.07) is 7.57. The molecule has 0 aliphatic carbocycles. The highest BCUT2D eigenvalue weighted by Crippen LogP contribution is 2.27. The van der Waals surface area contributed by atoms with E-state index in [1.165, 1.54) is 16.4 Å². The van der Waals surface area contributed by atoms with E-state index in [2.05, 4.69) is 10.1 Å². The molecule has 1 aliphatic heterocycles. The van der Waals surface area contributed by atoms with E-state index >= 15 is 0 Å². The smallest absolute Gasteiger partial charge is 0.259 e. The highest BCUT2D eigenvalue weighted by Gasteiger charge is 2.24. The van der Waals surface area contributed by atoms with E-state index < -0.39 is 0 Å². The minimum atomic E-state index is -0.0153. The van der Waals surface area contributed by atoms with Crippen molar-refractivity contribution in [2.75, 3.05) is 5.75 Å². The standard InChI is InChI=1S/C13H13N3O2S/c1-8(2)18-10-5-3-9(4-6-10)12-14-13-16(15-12)11(17)7-19-13/h3-6,8H,7H2,1-2H3. The van der Waals surface area contributed by atoms with Crippen LogP contribution in [0.3, 0.4) is 0 Å². The second-order valence-corrected chi connectivity index (χ2v) is 5.45. The zero-order chi connectivity index (χ0) is 13.4. The maximum Gasteiger partial charge on any atom is 0.259 e. The number of carbonyl (C=O) groups excluding carboxylic acids is 1. The number of hydrogen-bond donors (Lipinski definition) is 0. The van der Waals surface area contributed by atoms with Gasteiger partial charge in [0, 0.05) is 5.56 Å². The number of carbonyl (C=O) groups is 1. The Labute approximate surface area is 115 Å². The molecule has 0 atom stereocenters. The summed E-state index contributed by atoms with van der Waals surface area (Å²) in [4.78, 5) is 15.9. The van der Waals surface area contributed by atoms with Crippen LogP contribution in [0.25, 0.3) is 11.4 Å². The maximum atomic E-state index is 11.5. The van der Waals surface area contributed by atoms with E-state index in [-0.39, 0.29) is 12.0 Å². The molecule has 0 fully saturated rings. The maximum absolute atomic E-state index is 11.5. The van der Waals surface area contributed by atoms with Gasteiger partial charge in [-0.3, -0.25) is 4.79 Å². The molecule has 0 unspecified atom stereocenters. The minimum Gasteiger partial charge on any atom is -0.491 e. The van der Waals surface area contributed by atoms with E-state index in [0.29, 0.717) is 16.7 Å². The molecule has 0 amide bonds. The van der Waals surface area contributed by atoms with Crippen LogP contribution in [0.15, 0.2) is 29.4 Å². The lowest BCUT2D eigenvalue weighted by Gasteiger charge is -2.09. The molecule has 1 aliphatic rings. The number of nitrogens with zero attached hydrogens (tertiary/aromatic N) is 3. The number of thioether (sulfide) groups is 1. The number of hydrogen-bond acceptors (Lipinski definition) is 5. The summed E-state index contributed by atoms with van der Waals surface area (Å²) in [5.74, 6) is 1.80. The first kappa shape index (κ1) is 12.2. The van der Waals surface area contributed by atoms with Crippen molar-refractivity contribution in [1.82, 2.24) is 14.8 Å². The molecule has 0 N–H and O–H groups in total. The average Bonchev–Trinajstić information content (AvgIpc) is 2.92. The van der Waals surface area contributed by atoms with Crippen LogP contribution >= 0.6 is 11.8 Å². The Morgan fingerprint density at radius 3 is 2.68 bits per heavy atom. The summed E-state index contributed by atoms with van der Waals surface area (Å²) < 4.78 is 6.95. The molecule has 0 spiro atoms. The third-order valence-electron chi connectivity index (χ3n) is 2.62. The number of benzene rings is 1. The van der Waals surface area contributed by atoms with Crippen molar-refractivity contribution in [1.29, 1.82) is 0 Å². The van der Waals surface area contributed by atoms with Crippen molar-refractivity contribution >= 4 is 17.7 Å².